The van der Waals surface area contributed by atoms with Crippen LogP contribution in [0.15, 0.2) is 11.4 Å². The first-order valence-electron chi connectivity index (χ1n) is 5.15. The molecule has 1 N–H and O–H groups in total. The molecule has 0 saturated carbocycles. The zero-order valence-electron chi connectivity index (χ0n) is 8.97. The van der Waals surface area contributed by atoms with Crippen LogP contribution < -0.4 is 0 Å². The maximum Gasteiger partial charge on any atom is 0.308 e. The summed E-state index contributed by atoms with van der Waals surface area (Å²) < 4.78 is 0. The van der Waals surface area contributed by atoms with Crippen LogP contribution in [0.2, 0.25) is 0 Å². The summed E-state index contributed by atoms with van der Waals surface area (Å²) in [6, 6.07) is 1.91. The van der Waals surface area contributed by atoms with E-state index in [0.717, 1.165) is 10.4 Å². The van der Waals surface area contributed by atoms with Gasteiger partial charge >= 0.3 is 5.97 Å². The van der Waals surface area contributed by atoms with E-state index in [2.05, 4.69) is 0 Å². The molecule has 0 aromatic carbocycles. The van der Waals surface area contributed by atoms with Crippen molar-refractivity contribution >= 4 is 23.2 Å². The van der Waals surface area contributed by atoms with Crippen molar-refractivity contribution in [3.8, 4) is 0 Å². The first-order chi connectivity index (χ1) is 7.59. The highest BCUT2D eigenvalue weighted by Crippen LogP contribution is 2.23. The summed E-state index contributed by atoms with van der Waals surface area (Å²) in [6.45, 7) is 2.78. The molecule has 0 spiro atoms. The Morgan fingerprint density at radius 2 is 2.31 bits per heavy atom. The average molecular weight is 239 g/mol. The minimum absolute atomic E-state index is 0.0312. The quantitative estimate of drug-likeness (QED) is 0.853. The van der Waals surface area contributed by atoms with Gasteiger partial charge in [0.25, 0.3) is 5.91 Å². The summed E-state index contributed by atoms with van der Waals surface area (Å²) in [5.41, 5.74) is 0.966. The number of aryl methyl sites for hydroxylation is 1. The van der Waals surface area contributed by atoms with Crippen molar-refractivity contribution in [1.29, 1.82) is 0 Å². The van der Waals surface area contributed by atoms with E-state index in [1.807, 2.05) is 18.4 Å². The second-order valence-electron chi connectivity index (χ2n) is 4.01. The summed E-state index contributed by atoms with van der Waals surface area (Å²) in [5, 5.41) is 10.7. The lowest BCUT2D eigenvalue weighted by molar-refractivity contribution is -0.141. The van der Waals surface area contributed by atoms with Crippen molar-refractivity contribution in [2.75, 3.05) is 13.1 Å². The maximum atomic E-state index is 12.0. The van der Waals surface area contributed by atoms with Gasteiger partial charge in [0.15, 0.2) is 0 Å². The molecule has 2 rings (SSSR count). The number of hydrogen-bond acceptors (Lipinski definition) is 3. The fourth-order valence-electron chi connectivity index (χ4n) is 1.88. The van der Waals surface area contributed by atoms with E-state index in [1.165, 1.54) is 11.3 Å². The zero-order chi connectivity index (χ0) is 11.7. The minimum Gasteiger partial charge on any atom is -0.481 e. The molecule has 0 aliphatic carbocycles. The van der Waals surface area contributed by atoms with Crippen LogP contribution in [0.4, 0.5) is 0 Å². The highest BCUT2D eigenvalue weighted by atomic mass is 32.1. The van der Waals surface area contributed by atoms with Crippen molar-refractivity contribution in [1.82, 2.24) is 4.90 Å². The summed E-state index contributed by atoms with van der Waals surface area (Å²) in [4.78, 5) is 25.2. The molecule has 86 valence electrons. The third kappa shape index (κ3) is 1.95. The number of carbonyl (C=O) groups excluding carboxylic acids is 1. The second kappa shape index (κ2) is 4.25. The van der Waals surface area contributed by atoms with Gasteiger partial charge in [-0.2, -0.15) is 0 Å². The van der Waals surface area contributed by atoms with Crippen molar-refractivity contribution in [2.24, 2.45) is 5.92 Å². The molecule has 1 amide bonds. The average Bonchev–Trinajstić information content (AvgIpc) is 2.84. The van der Waals surface area contributed by atoms with Gasteiger partial charge in [-0.25, -0.2) is 0 Å². The molecular formula is C11H13NO3S. The number of nitrogens with zero attached hydrogens (tertiary/aromatic N) is 1. The van der Waals surface area contributed by atoms with Gasteiger partial charge in [-0.05, 0) is 30.4 Å². The highest BCUT2D eigenvalue weighted by Gasteiger charge is 2.31. The Bertz CT molecular complexity index is 427. The Morgan fingerprint density at radius 3 is 2.81 bits per heavy atom. The van der Waals surface area contributed by atoms with Crippen molar-refractivity contribution < 1.29 is 14.7 Å². The van der Waals surface area contributed by atoms with Gasteiger partial charge in [0.05, 0.1) is 10.8 Å². The zero-order valence-corrected chi connectivity index (χ0v) is 9.79. The van der Waals surface area contributed by atoms with Crippen molar-refractivity contribution in [3.63, 3.8) is 0 Å². The second-order valence-corrected chi connectivity index (χ2v) is 4.92. The van der Waals surface area contributed by atoms with Gasteiger partial charge in [-0.3, -0.25) is 9.59 Å². The smallest absolute Gasteiger partial charge is 0.308 e. The molecular weight excluding hydrogens is 226 g/mol. The first kappa shape index (κ1) is 11.1. The number of thiophene rings is 1. The Kier molecular flexibility index (Phi) is 2.96. The molecule has 1 atom stereocenters. The number of likely N-dealkylation sites (tertiary alicyclic amines) is 1. The number of carboxylic acid groups (broad SMARTS) is 1. The standard InChI is InChI=1S/C11H13NO3S/c1-7-3-5-16-9(7)10(13)12-4-2-8(6-12)11(14)15/h3,5,8H,2,4,6H2,1H3,(H,14,15). The maximum absolute atomic E-state index is 12.0. The van der Waals surface area contributed by atoms with E-state index in [0.29, 0.717) is 19.5 Å². The molecule has 0 radical (unpaired) electrons. The number of amides is 1. The molecule has 16 heavy (non-hydrogen) atoms. The van der Waals surface area contributed by atoms with Crippen molar-refractivity contribution in [2.45, 2.75) is 13.3 Å². The number of carbonyl (C=O) groups is 2. The molecule has 4 nitrogen and oxygen atoms in total. The van der Waals surface area contributed by atoms with Crippen LogP contribution in [0.5, 0.6) is 0 Å². The van der Waals surface area contributed by atoms with Gasteiger partial charge < -0.3 is 10.0 Å². The molecule has 1 aromatic heterocycles. The Balaban J connectivity index is 2.08. The molecule has 1 aromatic rings. The lowest BCUT2D eigenvalue weighted by Crippen LogP contribution is -2.29. The summed E-state index contributed by atoms with van der Waals surface area (Å²) in [5.74, 6) is -1.24. The molecule has 5 heteroatoms. The van der Waals surface area contributed by atoms with E-state index >= 15 is 0 Å². The first-order valence-corrected chi connectivity index (χ1v) is 6.03. The number of hydrogen-bond donors (Lipinski definition) is 1. The predicted octanol–water partition coefficient (Wildman–Crippen LogP) is 1.60. The lowest BCUT2D eigenvalue weighted by Gasteiger charge is -2.15. The number of carboxylic acids is 1. The topological polar surface area (TPSA) is 57.6 Å². The fourth-order valence-corrected chi connectivity index (χ4v) is 2.77. The summed E-state index contributed by atoms with van der Waals surface area (Å²) in [7, 11) is 0. The third-order valence-corrected chi connectivity index (χ3v) is 3.89. The van der Waals surface area contributed by atoms with Crippen LogP contribution in [0.25, 0.3) is 0 Å². The molecule has 2 heterocycles. The van der Waals surface area contributed by atoms with Crippen LogP contribution in [-0.4, -0.2) is 35.0 Å². The lowest BCUT2D eigenvalue weighted by atomic mass is 10.1. The van der Waals surface area contributed by atoms with Gasteiger partial charge in [-0.1, -0.05) is 0 Å². The third-order valence-electron chi connectivity index (χ3n) is 2.88. The highest BCUT2D eigenvalue weighted by molar-refractivity contribution is 7.12. The van der Waals surface area contributed by atoms with Crippen LogP contribution in [0.1, 0.15) is 21.7 Å². The van der Waals surface area contributed by atoms with Gasteiger partial charge in [-0.15, -0.1) is 11.3 Å². The predicted molar refractivity (Wildman–Crippen MR) is 60.7 cm³/mol. The Morgan fingerprint density at radius 1 is 1.56 bits per heavy atom. The van der Waals surface area contributed by atoms with E-state index in [-0.39, 0.29) is 5.91 Å². The van der Waals surface area contributed by atoms with E-state index in [1.54, 1.807) is 4.90 Å². The van der Waals surface area contributed by atoms with Crippen LogP contribution in [-0.2, 0) is 4.79 Å². The summed E-state index contributed by atoms with van der Waals surface area (Å²) in [6.07, 6.45) is 0.561. The number of rotatable bonds is 2. The number of aliphatic carboxylic acids is 1. The SMILES string of the molecule is Cc1ccsc1C(=O)N1CCC(C(=O)O)C1. The molecule has 1 aliphatic heterocycles. The molecule has 1 saturated heterocycles. The molecule has 1 unspecified atom stereocenters. The van der Waals surface area contributed by atoms with Crippen LogP contribution in [0.3, 0.4) is 0 Å². The summed E-state index contributed by atoms with van der Waals surface area (Å²) >= 11 is 1.42. The molecule has 0 bridgehead atoms. The Hall–Kier alpha value is -1.36. The molecule has 1 fully saturated rings. The van der Waals surface area contributed by atoms with Crippen LogP contribution in [0, 0.1) is 12.8 Å². The normalized spacial score (nSPS) is 20.1. The van der Waals surface area contributed by atoms with Gasteiger partial charge in [0.1, 0.15) is 0 Å². The molecule has 1 aliphatic rings. The van der Waals surface area contributed by atoms with E-state index in [4.69, 9.17) is 5.11 Å². The van der Waals surface area contributed by atoms with Gasteiger partial charge in [0.2, 0.25) is 0 Å². The van der Waals surface area contributed by atoms with Crippen LogP contribution >= 0.6 is 11.3 Å². The van der Waals surface area contributed by atoms with E-state index in [9.17, 15) is 9.59 Å². The fraction of sp³-hybridized carbons (Fsp3) is 0.455. The van der Waals surface area contributed by atoms with Gasteiger partial charge in [0, 0.05) is 13.1 Å². The Labute approximate surface area is 97.5 Å². The monoisotopic (exact) mass is 239 g/mol. The van der Waals surface area contributed by atoms with Crippen molar-refractivity contribution in [3.05, 3.63) is 21.9 Å². The van der Waals surface area contributed by atoms with E-state index < -0.39 is 11.9 Å². The largest absolute Gasteiger partial charge is 0.481 e. The minimum atomic E-state index is -0.807.